The highest BCUT2D eigenvalue weighted by Crippen LogP contribution is 2.36. The Bertz CT molecular complexity index is 1260. The van der Waals surface area contributed by atoms with Crippen LogP contribution in [-0.4, -0.2) is 39.4 Å². The summed E-state index contributed by atoms with van der Waals surface area (Å²) in [4.78, 5) is 38.0. The molecule has 4 rings (SSSR count). The number of amides is 3. The van der Waals surface area contributed by atoms with Crippen LogP contribution in [0.2, 0.25) is 0 Å². The van der Waals surface area contributed by atoms with E-state index in [-0.39, 0.29) is 34.7 Å². The van der Waals surface area contributed by atoms with Gasteiger partial charge in [0.15, 0.2) is 0 Å². The maximum Gasteiger partial charge on any atom is 0.262 e. The Hall–Kier alpha value is -4.64. The average molecular weight is 413 g/mol. The summed E-state index contributed by atoms with van der Waals surface area (Å²) in [6.07, 6.45) is 0. The molecule has 3 amide bonds. The summed E-state index contributed by atoms with van der Waals surface area (Å²) >= 11 is 0. The number of nitriles is 1. The van der Waals surface area contributed by atoms with Gasteiger partial charge in [-0.2, -0.15) is 5.26 Å². The lowest BCUT2D eigenvalue weighted by Gasteiger charge is -2.09. The van der Waals surface area contributed by atoms with Crippen molar-refractivity contribution in [3.8, 4) is 28.7 Å². The molecule has 1 aliphatic rings. The molecule has 1 aliphatic heterocycles. The number of carbonyl (C=O) groups is 3. The lowest BCUT2D eigenvalue weighted by molar-refractivity contribution is 0.0673. The summed E-state index contributed by atoms with van der Waals surface area (Å²) < 4.78 is 0. The van der Waals surface area contributed by atoms with E-state index in [0.717, 1.165) is 4.90 Å². The Labute approximate surface area is 176 Å². The van der Waals surface area contributed by atoms with E-state index in [1.807, 2.05) is 0 Å². The second-order valence-electron chi connectivity index (χ2n) is 6.82. The summed E-state index contributed by atoms with van der Waals surface area (Å²) in [5.74, 6) is -1.73. The SMILES string of the molecule is N#CCN1C(=O)c2ccc(NC(=O)c3ccc(-c4c(O)cccc4O)cc3)cc2C1=O. The molecule has 152 valence electrons. The molecule has 0 bridgehead atoms. The van der Waals surface area contributed by atoms with Gasteiger partial charge in [0.2, 0.25) is 0 Å². The van der Waals surface area contributed by atoms with Crippen molar-refractivity contribution in [3.05, 3.63) is 77.4 Å². The maximum atomic E-state index is 12.6. The normalized spacial score (nSPS) is 12.4. The van der Waals surface area contributed by atoms with E-state index in [0.29, 0.717) is 16.8 Å². The van der Waals surface area contributed by atoms with Gasteiger partial charge >= 0.3 is 0 Å². The summed E-state index contributed by atoms with van der Waals surface area (Å²) in [5.41, 5.74) is 1.75. The highest BCUT2D eigenvalue weighted by atomic mass is 16.3. The van der Waals surface area contributed by atoms with Crippen molar-refractivity contribution in [1.29, 1.82) is 5.26 Å². The molecule has 0 spiro atoms. The predicted octanol–water partition coefficient (Wildman–Crippen LogP) is 3.14. The van der Waals surface area contributed by atoms with E-state index in [2.05, 4.69) is 5.32 Å². The molecule has 0 atom stereocenters. The number of fused-ring (bicyclic) bond motifs is 1. The minimum absolute atomic E-state index is 0.0833. The molecule has 3 aromatic carbocycles. The first-order chi connectivity index (χ1) is 14.9. The van der Waals surface area contributed by atoms with Crippen LogP contribution < -0.4 is 5.32 Å². The fraction of sp³-hybridized carbons (Fsp3) is 0.0435. The van der Waals surface area contributed by atoms with Crippen LogP contribution in [0.1, 0.15) is 31.1 Å². The Morgan fingerprint density at radius 2 is 1.58 bits per heavy atom. The van der Waals surface area contributed by atoms with Crippen LogP contribution in [-0.2, 0) is 0 Å². The molecule has 8 heteroatoms. The van der Waals surface area contributed by atoms with Crippen molar-refractivity contribution in [2.75, 3.05) is 11.9 Å². The maximum absolute atomic E-state index is 12.6. The van der Waals surface area contributed by atoms with Gasteiger partial charge in [-0.05, 0) is 48.0 Å². The molecule has 31 heavy (non-hydrogen) atoms. The largest absolute Gasteiger partial charge is 0.507 e. The molecule has 0 aliphatic carbocycles. The number of aromatic hydroxyl groups is 2. The lowest BCUT2D eigenvalue weighted by atomic mass is 10.0. The van der Waals surface area contributed by atoms with E-state index in [1.54, 1.807) is 18.2 Å². The summed E-state index contributed by atoms with van der Waals surface area (Å²) in [6, 6.07) is 16.8. The molecule has 0 radical (unpaired) electrons. The first kappa shape index (κ1) is 19.7. The number of anilines is 1. The summed E-state index contributed by atoms with van der Waals surface area (Å²) in [6.45, 7) is -0.340. The van der Waals surface area contributed by atoms with Crippen molar-refractivity contribution in [2.24, 2.45) is 0 Å². The third kappa shape index (κ3) is 3.45. The van der Waals surface area contributed by atoms with Gasteiger partial charge < -0.3 is 15.5 Å². The van der Waals surface area contributed by atoms with Gasteiger partial charge in [-0.15, -0.1) is 0 Å². The van der Waals surface area contributed by atoms with Crippen molar-refractivity contribution < 1.29 is 24.6 Å². The zero-order valence-electron chi connectivity index (χ0n) is 16.0. The van der Waals surface area contributed by atoms with Crippen molar-refractivity contribution in [3.63, 3.8) is 0 Å². The number of carbonyl (C=O) groups excluding carboxylic acids is 3. The van der Waals surface area contributed by atoms with E-state index < -0.39 is 17.7 Å². The molecule has 0 unspecified atom stereocenters. The molecule has 0 saturated heterocycles. The minimum Gasteiger partial charge on any atom is -0.507 e. The van der Waals surface area contributed by atoms with E-state index >= 15 is 0 Å². The van der Waals surface area contributed by atoms with Crippen LogP contribution in [0.25, 0.3) is 11.1 Å². The second kappa shape index (κ2) is 7.65. The van der Waals surface area contributed by atoms with Crippen LogP contribution in [0.4, 0.5) is 5.69 Å². The number of hydrogen-bond donors (Lipinski definition) is 3. The molecule has 0 fully saturated rings. The quantitative estimate of drug-likeness (QED) is 0.445. The minimum atomic E-state index is -0.579. The van der Waals surface area contributed by atoms with Crippen LogP contribution in [0.15, 0.2) is 60.7 Å². The second-order valence-corrected chi connectivity index (χ2v) is 6.82. The van der Waals surface area contributed by atoms with Gasteiger partial charge in [0.05, 0.1) is 22.8 Å². The van der Waals surface area contributed by atoms with E-state index in [9.17, 15) is 24.6 Å². The Kier molecular flexibility index (Phi) is 4.85. The molecule has 0 saturated carbocycles. The fourth-order valence-corrected chi connectivity index (χ4v) is 3.40. The molecular weight excluding hydrogens is 398 g/mol. The van der Waals surface area contributed by atoms with Crippen molar-refractivity contribution in [2.45, 2.75) is 0 Å². The Morgan fingerprint density at radius 3 is 2.23 bits per heavy atom. The van der Waals surface area contributed by atoms with Crippen LogP contribution in [0, 0.1) is 11.3 Å². The van der Waals surface area contributed by atoms with Crippen LogP contribution in [0.5, 0.6) is 11.5 Å². The topological polar surface area (TPSA) is 131 Å². The van der Waals surface area contributed by atoms with Gasteiger partial charge in [0, 0.05) is 11.3 Å². The van der Waals surface area contributed by atoms with Gasteiger partial charge in [-0.25, -0.2) is 0 Å². The number of phenols is 2. The number of phenolic OH excluding ortho intramolecular Hbond substituents is 2. The zero-order valence-corrected chi connectivity index (χ0v) is 16.0. The zero-order chi connectivity index (χ0) is 22.1. The Morgan fingerprint density at radius 1 is 0.935 bits per heavy atom. The van der Waals surface area contributed by atoms with Crippen LogP contribution in [0.3, 0.4) is 0 Å². The average Bonchev–Trinajstić information content (AvgIpc) is 2.99. The first-order valence-corrected chi connectivity index (χ1v) is 9.20. The lowest BCUT2D eigenvalue weighted by Crippen LogP contribution is -2.29. The number of rotatable bonds is 4. The third-order valence-corrected chi connectivity index (χ3v) is 4.91. The summed E-state index contributed by atoms with van der Waals surface area (Å²) in [7, 11) is 0. The van der Waals surface area contributed by atoms with E-state index in [4.69, 9.17) is 5.26 Å². The number of hydrogen-bond acceptors (Lipinski definition) is 6. The van der Waals surface area contributed by atoms with Crippen molar-refractivity contribution >= 4 is 23.4 Å². The highest BCUT2D eigenvalue weighted by Gasteiger charge is 2.35. The van der Waals surface area contributed by atoms with Gasteiger partial charge in [0.25, 0.3) is 17.7 Å². The summed E-state index contributed by atoms with van der Waals surface area (Å²) in [5, 5.41) is 31.4. The monoisotopic (exact) mass is 413 g/mol. The molecule has 1 heterocycles. The molecule has 0 aromatic heterocycles. The number of nitrogens with one attached hydrogen (secondary N) is 1. The number of nitrogens with zero attached hydrogens (tertiary/aromatic N) is 2. The fourth-order valence-electron chi connectivity index (χ4n) is 3.40. The first-order valence-electron chi connectivity index (χ1n) is 9.20. The smallest absolute Gasteiger partial charge is 0.262 e. The molecule has 3 N–H and O–H groups in total. The van der Waals surface area contributed by atoms with Gasteiger partial charge in [-0.3, -0.25) is 19.3 Å². The molecular formula is C23H15N3O5. The third-order valence-electron chi connectivity index (χ3n) is 4.91. The van der Waals surface area contributed by atoms with Gasteiger partial charge in [0.1, 0.15) is 18.0 Å². The van der Waals surface area contributed by atoms with Gasteiger partial charge in [-0.1, -0.05) is 18.2 Å². The highest BCUT2D eigenvalue weighted by molar-refractivity contribution is 6.22. The Balaban J connectivity index is 1.54. The molecule has 3 aromatic rings. The number of benzene rings is 3. The molecule has 8 nitrogen and oxygen atoms in total. The van der Waals surface area contributed by atoms with Crippen LogP contribution >= 0.6 is 0 Å². The van der Waals surface area contributed by atoms with Crippen molar-refractivity contribution in [1.82, 2.24) is 4.90 Å². The standard InChI is InChI=1S/C23H15N3O5/c24-10-11-26-22(30)16-9-8-15(12-17(16)23(26)31)25-21(29)14-6-4-13(5-7-14)20-18(27)2-1-3-19(20)28/h1-9,12,27-28H,11H2,(H,25,29). The number of imide groups is 1. The van der Waals surface area contributed by atoms with E-state index in [1.165, 1.54) is 48.5 Å². The predicted molar refractivity (Wildman–Crippen MR) is 111 cm³/mol.